The Morgan fingerprint density at radius 3 is 2.82 bits per heavy atom. The Bertz CT molecular complexity index is 1460. The topological polar surface area (TPSA) is 82.4 Å². The predicted molar refractivity (Wildman–Crippen MR) is 111 cm³/mol. The summed E-state index contributed by atoms with van der Waals surface area (Å²) < 4.78 is 1.09. The van der Waals surface area contributed by atoms with Crippen molar-refractivity contribution in [3.05, 3.63) is 82.1 Å². The molecule has 0 fully saturated rings. The van der Waals surface area contributed by atoms with Crippen LogP contribution in [0.1, 0.15) is 5.56 Å². The lowest BCUT2D eigenvalue weighted by molar-refractivity contribution is 1.23. The van der Waals surface area contributed by atoms with Crippen LogP contribution in [0.4, 0.5) is 0 Å². The molecular weight excluding hydrogens is 368 g/mol. The van der Waals surface area contributed by atoms with Crippen LogP contribution >= 0.6 is 11.3 Å². The first kappa shape index (κ1) is 16.4. The van der Waals surface area contributed by atoms with E-state index in [0.717, 1.165) is 38.0 Å². The van der Waals surface area contributed by atoms with Crippen molar-refractivity contribution in [1.82, 2.24) is 15.0 Å². The van der Waals surface area contributed by atoms with E-state index < -0.39 is 0 Å². The lowest BCUT2D eigenvalue weighted by Gasteiger charge is -2.12. The second kappa shape index (κ2) is 6.41. The molecule has 0 spiro atoms. The largest absolute Gasteiger partial charge is 0.307 e. The molecule has 28 heavy (non-hydrogen) atoms. The van der Waals surface area contributed by atoms with Crippen LogP contribution < -0.4 is 5.56 Å². The molecule has 0 bridgehead atoms. The molecule has 5 aromatic rings. The predicted octanol–water partition coefficient (Wildman–Crippen LogP) is 4.74. The van der Waals surface area contributed by atoms with Crippen LogP contribution in [0.2, 0.25) is 0 Å². The number of nitrogens with one attached hydrogen (secondary N) is 1. The molecule has 5 rings (SSSR count). The quantitative estimate of drug-likeness (QED) is 0.480. The van der Waals surface area contributed by atoms with Gasteiger partial charge >= 0.3 is 0 Å². The summed E-state index contributed by atoms with van der Waals surface area (Å²) in [6.07, 6.45) is 0. The zero-order chi connectivity index (χ0) is 19.1. The Morgan fingerprint density at radius 1 is 1.00 bits per heavy atom. The third kappa shape index (κ3) is 2.75. The van der Waals surface area contributed by atoms with Crippen LogP contribution in [0.3, 0.4) is 0 Å². The summed E-state index contributed by atoms with van der Waals surface area (Å²) in [6, 6.07) is 20.9. The third-order valence-electron chi connectivity index (χ3n) is 4.62. The monoisotopic (exact) mass is 380 g/mol. The Hall–Kier alpha value is -3.82. The molecule has 132 valence electrons. The first-order valence-corrected chi connectivity index (χ1v) is 9.47. The van der Waals surface area contributed by atoms with Crippen molar-refractivity contribution < 1.29 is 0 Å². The molecule has 0 atom stereocenters. The van der Waals surface area contributed by atoms with Gasteiger partial charge in [0, 0.05) is 22.6 Å². The lowest BCUT2D eigenvalue weighted by atomic mass is 9.97. The van der Waals surface area contributed by atoms with Crippen molar-refractivity contribution in [3.8, 4) is 28.5 Å². The van der Waals surface area contributed by atoms with Gasteiger partial charge in [0.2, 0.25) is 5.56 Å². The van der Waals surface area contributed by atoms with E-state index in [9.17, 15) is 10.1 Å². The number of H-pyrrole nitrogens is 1. The number of aromatic nitrogens is 3. The molecule has 0 saturated carbocycles. The van der Waals surface area contributed by atoms with Gasteiger partial charge in [-0.05, 0) is 42.0 Å². The summed E-state index contributed by atoms with van der Waals surface area (Å²) in [7, 11) is 0. The van der Waals surface area contributed by atoms with Gasteiger partial charge in [-0.3, -0.25) is 4.79 Å². The zero-order valence-electron chi connectivity index (χ0n) is 14.5. The molecule has 0 amide bonds. The van der Waals surface area contributed by atoms with Gasteiger partial charge in [-0.25, -0.2) is 9.97 Å². The number of nitrogens with zero attached hydrogens (tertiary/aromatic N) is 3. The van der Waals surface area contributed by atoms with Crippen molar-refractivity contribution in [3.63, 3.8) is 0 Å². The minimum Gasteiger partial charge on any atom is -0.307 e. The maximum atomic E-state index is 11.8. The fourth-order valence-corrected chi connectivity index (χ4v) is 3.99. The first-order chi connectivity index (χ1) is 13.7. The van der Waals surface area contributed by atoms with E-state index >= 15 is 0 Å². The van der Waals surface area contributed by atoms with Gasteiger partial charge in [0.25, 0.3) is 0 Å². The molecule has 0 radical (unpaired) electrons. The molecular formula is C22H12N4OS. The highest BCUT2D eigenvalue weighted by atomic mass is 32.1. The van der Waals surface area contributed by atoms with Gasteiger partial charge in [0.15, 0.2) is 0 Å². The Morgan fingerprint density at radius 2 is 1.93 bits per heavy atom. The van der Waals surface area contributed by atoms with E-state index in [0.29, 0.717) is 11.2 Å². The first-order valence-electron chi connectivity index (χ1n) is 8.59. The molecule has 0 saturated heterocycles. The van der Waals surface area contributed by atoms with E-state index in [1.54, 1.807) is 23.5 Å². The Labute approximate surface area is 163 Å². The average Bonchev–Trinajstić information content (AvgIpc) is 3.20. The molecule has 1 N–H and O–H groups in total. The Balaban J connectivity index is 1.83. The van der Waals surface area contributed by atoms with Gasteiger partial charge in [-0.15, -0.1) is 11.3 Å². The van der Waals surface area contributed by atoms with Crippen molar-refractivity contribution in [1.29, 1.82) is 5.26 Å². The van der Waals surface area contributed by atoms with Crippen molar-refractivity contribution in [2.24, 2.45) is 0 Å². The summed E-state index contributed by atoms with van der Waals surface area (Å²) in [5.74, 6) is 0. The smallest absolute Gasteiger partial charge is 0.249 e. The second-order valence-corrected chi connectivity index (χ2v) is 7.26. The van der Waals surface area contributed by atoms with Crippen molar-refractivity contribution in [2.75, 3.05) is 0 Å². The van der Waals surface area contributed by atoms with E-state index in [1.165, 1.54) is 6.07 Å². The highest BCUT2D eigenvalue weighted by Gasteiger charge is 2.13. The molecule has 6 heteroatoms. The highest BCUT2D eigenvalue weighted by molar-refractivity contribution is 7.16. The van der Waals surface area contributed by atoms with Crippen LogP contribution in [-0.4, -0.2) is 15.0 Å². The summed E-state index contributed by atoms with van der Waals surface area (Å²) >= 11 is 1.59. The van der Waals surface area contributed by atoms with E-state index in [1.807, 2.05) is 41.9 Å². The number of nitriles is 1. The van der Waals surface area contributed by atoms with E-state index in [4.69, 9.17) is 4.98 Å². The molecule has 0 aliphatic heterocycles. The molecule has 5 nitrogen and oxygen atoms in total. The number of hydrogen-bond donors (Lipinski definition) is 1. The van der Waals surface area contributed by atoms with E-state index in [-0.39, 0.29) is 5.56 Å². The fraction of sp³-hybridized carbons (Fsp3) is 0. The summed E-state index contributed by atoms with van der Waals surface area (Å²) in [5.41, 5.74) is 7.16. The lowest BCUT2D eigenvalue weighted by Crippen LogP contribution is -2.04. The SMILES string of the molecule is N#Cc1cccc(-c2nc3[nH]c(=O)ccc3cc2-c2ccc3ncsc3c2)c1. The minimum atomic E-state index is -0.199. The second-order valence-electron chi connectivity index (χ2n) is 6.37. The number of rotatable bonds is 2. The summed E-state index contributed by atoms with van der Waals surface area (Å²) in [4.78, 5) is 23.6. The Kier molecular flexibility index (Phi) is 3.75. The van der Waals surface area contributed by atoms with Crippen molar-refractivity contribution >= 4 is 32.6 Å². The number of hydrogen-bond acceptors (Lipinski definition) is 5. The molecule has 0 aliphatic rings. The zero-order valence-corrected chi connectivity index (χ0v) is 15.3. The third-order valence-corrected chi connectivity index (χ3v) is 5.41. The van der Waals surface area contributed by atoms with Crippen LogP contribution in [0.5, 0.6) is 0 Å². The van der Waals surface area contributed by atoms with Crippen LogP contribution in [0.15, 0.2) is 71.0 Å². The van der Waals surface area contributed by atoms with Crippen LogP contribution in [0, 0.1) is 11.3 Å². The normalized spacial score (nSPS) is 11.0. The summed E-state index contributed by atoms with van der Waals surface area (Å²) in [5, 5.41) is 10.1. The van der Waals surface area contributed by atoms with E-state index in [2.05, 4.69) is 22.1 Å². The van der Waals surface area contributed by atoms with Gasteiger partial charge in [0.1, 0.15) is 5.65 Å². The summed E-state index contributed by atoms with van der Waals surface area (Å²) in [6.45, 7) is 0. The molecule has 3 aromatic heterocycles. The van der Waals surface area contributed by atoms with Crippen LogP contribution in [0.25, 0.3) is 43.6 Å². The van der Waals surface area contributed by atoms with Gasteiger partial charge in [-0.2, -0.15) is 5.26 Å². The number of benzene rings is 2. The number of aromatic amines is 1. The molecule has 0 unspecified atom stereocenters. The minimum absolute atomic E-state index is 0.199. The fourth-order valence-electron chi connectivity index (χ4n) is 3.28. The maximum absolute atomic E-state index is 11.8. The van der Waals surface area contributed by atoms with Gasteiger partial charge in [-0.1, -0.05) is 18.2 Å². The average molecular weight is 380 g/mol. The van der Waals surface area contributed by atoms with Gasteiger partial charge in [0.05, 0.1) is 33.1 Å². The van der Waals surface area contributed by atoms with Crippen LogP contribution in [-0.2, 0) is 0 Å². The maximum Gasteiger partial charge on any atom is 0.249 e. The molecule has 2 aromatic carbocycles. The highest BCUT2D eigenvalue weighted by Crippen LogP contribution is 2.35. The van der Waals surface area contributed by atoms with Crippen molar-refractivity contribution in [2.45, 2.75) is 0 Å². The standard InChI is InChI=1S/C22H12N4OS/c23-11-13-2-1-3-15(8-13)21-17(9-16-5-7-20(27)25-22(16)26-21)14-4-6-18-19(10-14)28-12-24-18/h1-10,12H,(H,25,26,27). The van der Waals surface area contributed by atoms with Gasteiger partial charge < -0.3 is 4.98 Å². The number of thiazole rings is 1. The number of fused-ring (bicyclic) bond motifs is 2. The number of pyridine rings is 2. The molecule has 0 aliphatic carbocycles. The molecule has 3 heterocycles.